The van der Waals surface area contributed by atoms with Crippen molar-refractivity contribution in [3.63, 3.8) is 0 Å². The normalized spacial score (nSPS) is 17.9. The van der Waals surface area contributed by atoms with Crippen LogP contribution in [0.1, 0.15) is 72.7 Å². The molecule has 0 radical (unpaired) electrons. The number of hydrogen-bond donors (Lipinski definition) is 4. The van der Waals surface area contributed by atoms with Crippen molar-refractivity contribution < 1.29 is 32.3 Å². The predicted octanol–water partition coefficient (Wildman–Crippen LogP) is 2.40. The van der Waals surface area contributed by atoms with Crippen LogP contribution in [0.15, 0.2) is 29.2 Å². The van der Waals surface area contributed by atoms with Crippen molar-refractivity contribution in [1.29, 1.82) is 0 Å². The molecule has 15 heteroatoms. The molecule has 0 spiro atoms. The first-order valence-corrected chi connectivity index (χ1v) is 16.2. The molecule has 2 aliphatic heterocycles. The Kier molecular flexibility index (Phi) is 9.21. The number of carbonyl (C=O) groups is 4. The molecule has 2 aromatic rings. The molecular weight excluding hydrogens is 596 g/mol. The molecule has 1 fully saturated rings. The molecule has 0 unspecified atom stereocenters. The number of hydrazine groups is 1. The SMILES string of the molecule is CCOC(=O)N1CCN(S(=O)(=O)c2ccc(C(=O)Nc3sc4c(c3C(=O)NNC(C)=O)CC(C)(C)NC4(C)C)cc2)CC1. The van der Waals surface area contributed by atoms with Gasteiger partial charge in [-0.15, -0.1) is 11.3 Å². The molecule has 13 nitrogen and oxygen atoms in total. The van der Waals surface area contributed by atoms with E-state index in [0.717, 1.165) is 10.4 Å². The van der Waals surface area contributed by atoms with E-state index in [1.54, 1.807) is 6.92 Å². The summed E-state index contributed by atoms with van der Waals surface area (Å²) in [5.41, 5.74) is 5.13. The number of benzene rings is 1. The summed E-state index contributed by atoms with van der Waals surface area (Å²) in [5.74, 6) is -1.52. The van der Waals surface area contributed by atoms with E-state index in [2.05, 4.69) is 21.5 Å². The Hall–Kier alpha value is -3.53. The largest absolute Gasteiger partial charge is 0.450 e. The lowest BCUT2D eigenvalue weighted by molar-refractivity contribution is -0.119. The number of fused-ring (bicyclic) bond motifs is 1. The van der Waals surface area contributed by atoms with Crippen LogP contribution in [0, 0.1) is 0 Å². The average Bonchev–Trinajstić information content (AvgIpc) is 3.29. The number of hydrogen-bond acceptors (Lipinski definition) is 9. The lowest BCUT2D eigenvalue weighted by atomic mass is 9.81. The highest BCUT2D eigenvalue weighted by Gasteiger charge is 2.42. The molecule has 2 aliphatic rings. The molecule has 4 rings (SSSR count). The fourth-order valence-electron chi connectivity index (χ4n) is 5.49. The number of nitrogens with one attached hydrogen (secondary N) is 4. The monoisotopic (exact) mass is 634 g/mol. The number of rotatable bonds is 6. The third-order valence-electron chi connectivity index (χ3n) is 7.17. The van der Waals surface area contributed by atoms with Gasteiger partial charge in [-0.3, -0.25) is 25.2 Å². The molecule has 4 amide bonds. The van der Waals surface area contributed by atoms with Gasteiger partial charge in [-0.25, -0.2) is 13.2 Å². The van der Waals surface area contributed by atoms with Crippen LogP contribution in [0.3, 0.4) is 0 Å². The molecule has 3 heterocycles. The van der Waals surface area contributed by atoms with Crippen molar-refractivity contribution in [3.05, 3.63) is 45.8 Å². The van der Waals surface area contributed by atoms with Crippen molar-refractivity contribution in [2.24, 2.45) is 0 Å². The zero-order valence-corrected chi connectivity index (χ0v) is 26.8. The molecule has 1 aromatic carbocycles. The molecule has 1 aromatic heterocycles. The fourth-order valence-corrected chi connectivity index (χ4v) is 8.18. The molecule has 43 heavy (non-hydrogen) atoms. The number of nitrogens with zero attached hydrogens (tertiary/aromatic N) is 2. The summed E-state index contributed by atoms with van der Waals surface area (Å²) in [6.07, 6.45) is 0.0440. The maximum Gasteiger partial charge on any atom is 0.409 e. The number of anilines is 1. The Morgan fingerprint density at radius 1 is 0.977 bits per heavy atom. The second-order valence-corrected chi connectivity index (χ2v) is 14.6. The van der Waals surface area contributed by atoms with Crippen LogP contribution in [-0.4, -0.2) is 79.8 Å². The first-order chi connectivity index (χ1) is 20.1. The van der Waals surface area contributed by atoms with Crippen LogP contribution in [0.4, 0.5) is 9.80 Å². The van der Waals surface area contributed by atoms with Crippen molar-refractivity contribution in [2.75, 3.05) is 38.1 Å². The van der Waals surface area contributed by atoms with Crippen molar-refractivity contribution in [3.8, 4) is 0 Å². The van der Waals surface area contributed by atoms with Crippen LogP contribution >= 0.6 is 11.3 Å². The van der Waals surface area contributed by atoms with Gasteiger partial charge < -0.3 is 20.3 Å². The van der Waals surface area contributed by atoms with E-state index in [1.807, 2.05) is 27.7 Å². The molecular formula is C28H38N6O7S2. The zero-order chi connectivity index (χ0) is 31.7. The van der Waals surface area contributed by atoms with Gasteiger partial charge in [0.25, 0.3) is 11.8 Å². The van der Waals surface area contributed by atoms with Gasteiger partial charge in [0.1, 0.15) is 5.00 Å². The van der Waals surface area contributed by atoms with Gasteiger partial charge in [-0.1, -0.05) is 0 Å². The number of carbonyl (C=O) groups excluding carboxylic acids is 4. The molecule has 0 atom stereocenters. The van der Waals surface area contributed by atoms with E-state index in [9.17, 15) is 27.6 Å². The van der Waals surface area contributed by atoms with E-state index >= 15 is 0 Å². The minimum atomic E-state index is -3.85. The third kappa shape index (κ3) is 7.00. The highest BCUT2D eigenvalue weighted by Crippen LogP contribution is 2.45. The Labute approximate surface area is 255 Å². The van der Waals surface area contributed by atoms with E-state index in [0.29, 0.717) is 11.4 Å². The maximum absolute atomic E-state index is 13.3. The summed E-state index contributed by atoms with van der Waals surface area (Å²) in [7, 11) is -3.85. The Morgan fingerprint density at radius 3 is 2.19 bits per heavy atom. The van der Waals surface area contributed by atoms with E-state index in [-0.39, 0.29) is 54.3 Å². The summed E-state index contributed by atoms with van der Waals surface area (Å²) < 4.78 is 32.7. The van der Waals surface area contributed by atoms with Crippen LogP contribution in [0.25, 0.3) is 0 Å². The molecule has 1 saturated heterocycles. The molecule has 0 bridgehead atoms. The lowest BCUT2D eigenvalue weighted by Gasteiger charge is -2.42. The average molecular weight is 635 g/mol. The van der Waals surface area contributed by atoms with Crippen molar-refractivity contribution in [1.82, 2.24) is 25.4 Å². The number of ether oxygens (including phenoxy) is 1. The Balaban J connectivity index is 1.55. The summed E-state index contributed by atoms with van der Waals surface area (Å²) in [5, 5.41) is 6.73. The molecule has 0 aliphatic carbocycles. The molecule has 234 valence electrons. The topological polar surface area (TPSA) is 166 Å². The maximum atomic E-state index is 13.3. The summed E-state index contributed by atoms with van der Waals surface area (Å²) in [6, 6.07) is 5.55. The quantitative estimate of drug-likeness (QED) is 0.352. The number of amides is 4. The van der Waals surface area contributed by atoms with Crippen LogP contribution in [0.2, 0.25) is 0 Å². The second kappa shape index (κ2) is 12.2. The standard InChI is InChI=1S/C28H38N6O7S2/c1-7-41-26(38)33-12-14-34(15-13-33)43(39,40)19-10-8-18(9-11-19)23(36)29-25-21(24(37)31-30-17(2)35)20-16-27(3,4)32-28(5,6)22(20)42-25/h8-11,32H,7,12-16H2,1-6H3,(H,29,36)(H,30,35)(H,31,37). The Bertz CT molecular complexity index is 1530. The number of piperazine rings is 1. The zero-order valence-electron chi connectivity index (χ0n) is 25.1. The first-order valence-electron chi connectivity index (χ1n) is 13.9. The minimum absolute atomic E-state index is 0.0191. The van der Waals surface area contributed by atoms with Crippen molar-refractivity contribution >= 4 is 50.2 Å². The highest BCUT2D eigenvalue weighted by molar-refractivity contribution is 7.89. The smallest absolute Gasteiger partial charge is 0.409 e. The van der Waals surface area contributed by atoms with Crippen LogP contribution < -0.4 is 21.5 Å². The fraction of sp³-hybridized carbons (Fsp3) is 0.500. The predicted molar refractivity (Wildman–Crippen MR) is 161 cm³/mol. The van der Waals surface area contributed by atoms with Gasteiger partial charge >= 0.3 is 6.09 Å². The summed E-state index contributed by atoms with van der Waals surface area (Å²) >= 11 is 1.28. The highest BCUT2D eigenvalue weighted by atomic mass is 32.2. The van der Waals surface area contributed by atoms with Gasteiger partial charge in [0.15, 0.2) is 0 Å². The van der Waals surface area contributed by atoms with Gasteiger partial charge in [-0.05, 0) is 70.9 Å². The van der Waals surface area contributed by atoms with E-state index < -0.39 is 39.4 Å². The van der Waals surface area contributed by atoms with Gasteiger partial charge in [0.2, 0.25) is 15.9 Å². The third-order valence-corrected chi connectivity index (χ3v) is 10.6. The summed E-state index contributed by atoms with van der Waals surface area (Å²) in [6.45, 7) is 11.9. The van der Waals surface area contributed by atoms with Gasteiger partial charge in [0, 0.05) is 54.6 Å². The van der Waals surface area contributed by atoms with E-state index in [1.165, 1.54) is 51.7 Å². The van der Waals surface area contributed by atoms with Crippen molar-refractivity contribution in [2.45, 2.75) is 63.9 Å². The molecule has 4 N–H and O–H groups in total. The van der Waals surface area contributed by atoms with Crippen LogP contribution in [-0.2, 0) is 31.5 Å². The van der Waals surface area contributed by atoms with Gasteiger partial charge in [0.05, 0.1) is 17.1 Å². The van der Waals surface area contributed by atoms with E-state index in [4.69, 9.17) is 4.74 Å². The van der Waals surface area contributed by atoms with Crippen LogP contribution in [0.5, 0.6) is 0 Å². The molecule has 0 saturated carbocycles. The second-order valence-electron chi connectivity index (χ2n) is 11.6. The Morgan fingerprint density at radius 2 is 1.60 bits per heavy atom. The summed E-state index contributed by atoms with van der Waals surface area (Å²) in [4.78, 5) is 52.4. The minimum Gasteiger partial charge on any atom is -0.450 e. The first kappa shape index (κ1) is 32.4. The van der Waals surface area contributed by atoms with Gasteiger partial charge in [-0.2, -0.15) is 4.31 Å². The lowest BCUT2D eigenvalue weighted by Crippen LogP contribution is -2.55. The number of thiophene rings is 1. The number of sulfonamides is 1.